The van der Waals surface area contributed by atoms with Crippen molar-refractivity contribution >= 4 is 46.3 Å². The Morgan fingerprint density at radius 2 is 1.83 bits per heavy atom. The van der Waals surface area contributed by atoms with Crippen LogP contribution in [0.5, 0.6) is 5.75 Å². The molecule has 1 N–H and O–H groups in total. The lowest BCUT2D eigenvalue weighted by molar-refractivity contribution is 0.0341. The minimum atomic E-state index is -0.356. The van der Waals surface area contributed by atoms with Crippen molar-refractivity contribution in [2.75, 3.05) is 26.3 Å². The molecule has 1 atom stereocenters. The van der Waals surface area contributed by atoms with Crippen LogP contribution in [0.4, 0.5) is 0 Å². The molecule has 0 saturated carbocycles. The lowest BCUT2D eigenvalue weighted by Crippen LogP contribution is -2.35. The van der Waals surface area contributed by atoms with Crippen LogP contribution in [0, 0.1) is 0 Å². The summed E-state index contributed by atoms with van der Waals surface area (Å²) >= 11 is 12.6. The van der Waals surface area contributed by atoms with E-state index in [4.69, 9.17) is 32.7 Å². The number of H-pyrrole nitrogens is 1. The molecule has 1 aromatic carbocycles. The molecular weight excluding hydrogens is 487 g/mol. The Balaban J connectivity index is 1.29. The molecule has 1 aliphatic rings. The SMILES string of the molecule is CC(Oc1ccc2[nH]nc(/C=C/c3ncc(CN4CCOCC4)cn3)c2c1)c1c(Cl)cncc1Cl. The van der Waals surface area contributed by atoms with Gasteiger partial charge >= 0.3 is 0 Å². The number of nitrogens with one attached hydrogen (secondary N) is 1. The van der Waals surface area contributed by atoms with E-state index in [1.54, 1.807) is 12.4 Å². The maximum Gasteiger partial charge on any atom is 0.151 e. The molecule has 180 valence electrons. The van der Waals surface area contributed by atoms with E-state index in [-0.39, 0.29) is 6.10 Å². The third kappa shape index (κ3) is 5.62. The fourth-order valence-corrected chi connectivity index (χ4v) is 4.66. The summed E-state index contributed by atoms with van der Waals surface area (Å²) in [6, 6.07) is 5.74. The number of pyridine rings is 1. The number of morpholine rings is 1. The number of hydrogen-bond acceptors (Lipinski definition) is 7. The minimum Gasteiger partial charge on any atom is -0.486 e. The Morgan fingerprint density at radius 1 is 1.09 bits per heavy atom. The first-order valence-electron chi connectivity index (χ1n) is 11.3. The molecule has 5 rings (SSSR count). The standard InChI is InChI=1S/C25H24Cl2N6O2/c1-16(25-20(26)13-28-14-21(25)27)35-18-2-3-22-19(10-18)23(32-31-22)4-5-24-29-11-17(12-30-24)15-33-6-8-34-9-7-33/h2-5,10-14,16H,6-9,15H2,1H3,(H,31,32)/b5-4+. The summed E-state index contributed by atoms with van der Waals surface area (Å²) in [5.41, 5.74) is 3.44. The first kappa shape index (κ1) is 23.7. The fourth-order valence-electron chi connectivity index (χ4n) is 3.99. The van der Waals surface area contributed by atoms with Gasteiger partial charge in [0.2, 0.25) is 0 Å². The number of benzene rings is 1. The molecule has 0 radical (unpaired) electrons. The molecule has 4 aromatic rings. The van der Waals surface area contributed by atoms with Crippen LogP contribution in [0.15, 0.2) is 43.0 Å². The molecule has 4 heterocycles. The Kier molecular flexibility index (Phi) is 7.24. The van der Waals surface area contributed by atoms with Gasteiger partial charge in [0.15, 0.2) is 5.82 Å². The van der Waals surface area contributed by atoms with Gasteiger partial charge in [-0.25, -0.2) is 9.97 Å². The molecule has 1 unspecified atom stereocenters. The van der Waals surface area contributed by atoms with Gasteiger partial charge in [0.25, 0.3) is 0 Å². The van der Waals surface area contributed by atoms with E-state index in [1.807, 2.05) is 49.7 Å². The van der Waals surface area contributed by atoms with E-state index in [9.17, 15) is 0 Å². The molecule has 1 aliphatic heterocycles. The van der Waals surface area contributed by atoms with Crippen molar-refractivity contribution in [3.8, 4) is 5.75 Å². The molecule has 1 saturated heterocycles. The van der Waals surface area contributed by atoms with Gasteiger partial charge in [0.05, 0.1) is 34.5 Å². The Bertz CT molecular complexity index is 1320. The molecule has 0 bridgehead atoms. The van der Waals surface area contributed by atoms with Gasteiger partial charge in [-0.1, -0.05) is 23.2 Å². The Labute approximate surface area is 212 Å². The second-order valence-electron chi connectivity index (χ2n) is 8.26. The summed E-state index contributed by atoms with van der Waals surface area (Å²) in [4.78, 5) is 15.3. The topological polar surface area (TPSA) is 89.0 Å². The molecule has 1 fully saturated rings. The molecule has 0 spiro atoms. The summed E-state index contributed by atoms with van der Waals surface area (Å²) in [6.45, 7) is 6.14. The number of ether oxygens (including phenoxy) is 2. The molecule has 10 heteroatoms. The highest BCUT2D eigenvalue weighted by atomic mass is 35.5. The highest BCUT2D eigenvalue weighted by molar-refractivity contribution is 6.35. The van der Waals surface area contributed by atoms with Gasteiger partial charge < -0.3 is 9.47 Å². The third-order valence-corrected chi connectivity index (χ3v) is 6.40. The van der Waals surface area contributed by atoms with Crippen molar-refractivity contribution in [2.24, 2.45) is 0 Å². The smallest absolute Gasteiger partial charge is 0.151 e. The van der Waals surface area contributed by atoms with Crippen LogP contribution in [0.2, 0.25) is 10.0 Å². The normalized spacial score (nSPS) is 15.6. The average molecular weight is 511 g/mol. The van der Waals surface area contributed by atoms with Crippen LogP contribution in [-0.2, 0) is 11.3 Å². The Morgan fingerprint density at radius 3 is 2.57 bits per heavy atom. The van der Waals surface area contributed by atoms with E-state index in [2.05, 4.69) is 30.0 Å². The van der Waals surface area contributed by atoms with Crippen LogP contribution in [0.25, 0.3) is 23.1 Å². The number of nitrogens with zero attached hydrogens (tertiary/aromatic N) is 5. The number of aromatic nitrogens is 5. The number of rotatable bonds is 7. The summed E-state index contributed by atoms with van der Waals surface area (Å²) < 4.78 is 11.5. The van der Waals surface area contributed by atoms with Gasteiger partial charge in [-0.15, -0.1) is 0 Å². The third-order valence-electron chi connectivity index (χ3n) is 5.80. The molecule has 3 aromatic heterocycles. The maximum atomic E-state index is 6.28. The summed E-state index contributed by atoms with van der Waals surface area (Å²) in [7, 11) is 0. The minimum absolute atomic E-state index is 0.356. The van der Waals surface area contributed by atoms with Crippen molar-refractivity contribution in [3.63, 3.8) is 0 Å². The number of halogens is 2. The van der Waals surface area contributed by atoms with Crippen LogP contribution in [-0.4, -0.2) is 56.4 Å². The van der Waals surface area contributed by atoms with Crippen LogP contribution < -0.4 is 4.74 Å². The number of fused-ring (bicyclic) bond motifs is 1. The van der Waals surface area contributed by atoms with Crippen LogP contribution >= 0.6 is 23.2 Å². The van der Waals surface area contributed by atoms with Gasteiger partial charge in [0, 0.05) is 60.9 Å². The van der Waals surface area contributed by atoms with E-state index >= 15 is 0 Å². The average Bonchev–Trinajstić information content (AvgIpc) is 3.26. The molecule has 8 nitrogen and oxygen atoms in total. The molecule has 0 amide bonds. The number of hydrogen-bond donors (Lipinski definition) is 1. The van der Waals surface area contributed by atoms with Gasteiger partial charge in [-0.05, 0) is 37.3 Å². The molecule has 35 heavy (non-hydrogen) atoms. The van der Waals surface area contributed by atoms with Crippen molar-refractivity contribution in [1.82, 2.24) is 30.0 Å². The first-order valence-corrected chi connectivity index (χ1v) is 12.0. The van der Waals surface area contributed by atoms with Crippen molar-refractivity contribution in [2.45, 2.75) is 19.6 Å². The second kappa shape index (κ2) is 10.7. The zero-order chi connectivity index (χ0) is 24.2. The molecular formula is C25H24Cl2N6O2. The largest absolute Gasteiger partial charge is 0.486 e. The lowest BCUT2D eigenvalue weighted by Gasteiger charge is -2.26. The zero-order valence-electron chi connectivity index (χ0n) is 19.1. The maximum absolute atomic E-state index is 6.28. The van der Waals surface area contributed by atoms with Crippen molar-refractivity contribution in [3.05, 3.63) is 75.7 Å². The summed E-state index contributed by atoms with van der Waals surface area (Å²) in [5.74, 6) is 1.29. The van der Waals surface area contributed by atoms with E-state index in [1.165, 1.54) is 0 Å². The Hall–Kier alpha value is -3.04. The number of aromatic amines is 1. The highest BCUT2D eigenvalue weighted by Gasteiger charge is 2.17. The predicted octanol–water partition coefficient (Wildman–Crippen LogP) is 5.20. The van der Waals surface area contributed by atoms with Crippen molar-refractivity contribution < 1.29 is 9.47 Å². The monoisotopic (exact) mass is 510 g/mol. The molecule has 0 aliphatic carbocycles. The highest BCUT2D eigenvalue weighted by Crippen LogP contribution is 2.33. The summed E-state index contributed by atoms with van der Waals surface area (Å²) in [5, 5.41) is 9.32. The van der Waals surface area contributed by atoms with E-state index in [0.29, 0.717) is 27.2 Å². The second-order valence-corrected chi connectivity index (χ2v) is 9.08. The van der Waals surface area contributed by atoms with Crippen LogP contribution in [0.3, 0.4) is 0 Å². The predicted molar refractivity (Wildman–Crippen MR) is 136 cm³/mol. The van der Waals surface area contributed by atoms with Gasteiger partial charge in [-0.3, -0.25) is 15.0 Å². The quantitative estimate of drug-likeness (QED) is 0.365. The lowest BCUT2D eigenvalue weighted by atomic mass is 10.1. The van der Waals surface area contributed by atoms with E-state index in [0.717, 1.165) is 55.0 Å². The zero-order valence-corrected chi connectivity index (χ0v) is 20.6. The fraction of sp³-hybridized carbons (Fsp3) is 0.280. The van der Waals surface area contributed by atoms with Crippen molar-refractivity contribution in [1.29, 1.82) is 0 Å². The summed E-state index contributed by atoms with van der Waals surface area (Å²) in [6.07, 6.45) is 10.2. The van der Waals surface area contributed by atoms with Gasteiger partial charge in [0.1, 0.15) is 11.9 Å². The first-order chi connectivity index (χ1) is 17.1. The van der Waals surface area contributed by atoms with E-state index < -0.39 is 0 Å². The van der Waals surface area contributed by atoms with Crippen LogP contribution in [0.1, 0.15) is 35.7 Å². The van der Waals surface area contributed by atoms with Gasteiger partial charge in [-0.2, -0.15) is 5.10 Å².